The van der Waals surface area contributed by atoms with Gasteiger partial charge in [0.05, 0.1) is 11.1 Å². The molecule has 1 saturated carbocycles. The number of hydrazine groups is 1. The van der Waals surface area contributed by atoms with Gasteiger partial charge in [-0.25, -0.2) is 14.4 Å². The molecule has 3 rings (SSSR count). The number of carbonyl (C=O) groups is 2. The smallest absolute Gasteiger partial charge is 0.345 e. The Hall–Kier alpha value is -3.24. The van der Waals surface area contributed by atoms with Crippen molar-refractivity contribution in [3.05, 3.63) is 53.6 Å². The first kappa shape index (κ1) is 19.5. The molecular weight excluding hydrogens is 382 g/mol. The molecule has 1 aromatic carbocycles. The molecule has 11 heteroatoms. The summed E-state index contributed by atoms with van der Waals surface area (Å²) in [6.45, 7) is 0. The van der Waals surface area contributed by atoms with E-state index in [1.807, 2.05) is 0 Å². The molecule has 1 aromatic heterocycles. The van der Waals surface area contributed by atoms with E-state index in [-0.39, 0.29) is 17.3 Å². The van der Waals surface area contributed by atoms with E-state index in [9.17, 15) is 27.2 Å². The average molecular weight is 397 g/mol. The van der Waals surface area contributed by atoms with Crippen LogP contribution in [0, 0.1) is 5.82 Å². The largest absolute Gasteiger partial charge is 0.472 e. The molecule has 1 aliphatic carbocycles. The monoisotopic (exact) mass is 397 g/mol. The number of nitrogens with zero attached hydrogens (tertiary/aromatic N) is 2. The van der Waals surface area contributed by atoms with Gasteiger partial charge in [0.2, 0.25) is 5.95 Å². The highest BCUT2D eigenvalue weighted by atomic mass is 19.4. The van der Waals surface area contributed by atoms with Gasteiger partial charge in [-0.15, -0.1) is 0 Å². The van der Waals surface area contributed by atoms with E-state index in [4.69, 9.17) is 0 Å². The Morgan fingerprint density at radius 1 is 1.07 bits per heavy atom. The lowest BCUT2D eigenvalue weighted by Gasteiger charge is -2.43. The van der Waals surface area contributed by atoms with Crippen molar-refractivity contribution >= 4 is 17.8 Å². The van der Waals surface area contributed by atoms with Crippen molar-refractivity contribution in [3.8, 4) is 0 Å². The van der Waals surface area contributed by atoms with Crippen molar-refractivity contribution < 1.29 is 27.2 Å². The molecule has 3 N–H and O–H groups in total. The second-order valence-corrected chi connectivity index (χ2v) is 6.27. The van der Waals surface area contributed by atoms with Crippen LogP contribution in [0.25, 0.3) is 0 Å². The highest BCUT2D eigenvalue weighted by Gasteiger charge is 2.40. The number of anilines is 1. The minimum Gasteiger partial charge on any atom is -0.345 e. The minimum absolute atomic E-state index is 0.151. The number of amides is 2. The fourth-order valence-corrected chi connectivity index (χ4v) is 2.78. The van der Waals surface area contributed by atoms with Gasteiger partial charge in [-0.1, -0.05) is 12.1 Å². The van der Waals surface area contributed by atoms with Crippen LogP contribution in [0.3, 0.4) is 0 Å². The first-order chi connectivity index (χ1) is 13.2. The zero-order valence-corrected chi connectivity index (χ0v) is 14.3. The van der Waals surface area contributed by atoms with Crippen molar-refractivity contribution in [2.45, 2.75) is 31.0 Å². The van der Waals surface area contributed by atoms with E-state index in [0.29, 0.717) is 0 Å². The summed E-state index contributed by atoms with van der Waals surface area (Å²) >= 11 is 0. The molecule has 1 fully saturated rings. The van der Waals surface area contributed by atoms with Crippen molar-refractivity contribution in [1.29, 1.82) is 0 Å². The summed E-state index contributed by atoms with van der Waals surface area (Å²) in [5.41, 5.74) is 2.95. The number of alkyl halides is 3. The lowest BCUT2D eigenvalue weighted by molar-refractivity contribution is -0.174. The molecule has 0 aliphatic heterocycles. The van der Waals surface area contributed by atoms with Crippen LogP contribution in [-0.4, -0.2) is 28.0 Å². The zero-order valence-electron chi connectivity index (χ0n) is 14.3. The summed E-state index contributed by atoms with van der Waals surface area (Å²) in [5.74, 6) is -3.49. The van der Waals surface area contributed by atoms with Crippen molar-refractivity contribution in [2.75, 3.05) is 5.32 Å². The quantitative estimate of drug-likeness (QED) is 0.544. The van der Waals surface area contributed by atoms with Gasteiger partial charge < -0.3 is 5.32 Å². The third-order valence-corrected chi connectivity index (χ3v) is 4.40. The molecule has 1 aliphatic rings. The fourth-order valence-electron chi connectivity index (χ4n) is 2.78. The molecule has 0 atom stereocenters. The molecule has 2 amide bonds. The number of hydrogen-bond donors (Lipinski definition) is 3. The van der Waals surface area contributed by atoms with Crippen molar-refractivity contribution in [2.24, 2.45) is 0 Å². The van der Waals surface area contributed by atoms with Gasteiger partial charge in [0.1, 0.15) is 5.82 Å². The van der Waals surface area contributed by atoms with Gasteiger partial charge in [0.15, 0.2) is 0 Å². The number of aromatic nitrogens is 2. The fraction of sp³-hybridized carbons (Fsp3) is 0.294. The van der Waals surface area contributed by atoms with Crippen LogP contribution in [0.15, 0.2) is 36.7 Å². The predicted octanol–water partition coefficient (Wildman–Crippen LogP) is 2.43. The third-order valence-electron chi connectivity index (χ3n) is 4.40. The molecule has 0 radical (unpaired) electrons. The zero-order chi connectivity index (χ0) is 20.4. The maximum Gasteiger partial charge on any atom is 0.472 e. The molecule has 7 nitrogen and oxygen atoms in total. The number of rotatable bonds is 4. The second kappa shape index (κ2) is 7.41. The van der Waals surface area contributed by atoms with Gasteiger partial charge in [-0.05, 0) is 37.0 Å². The Kier molecular flexibility index (Phi) is 5.16. The molecule has 0 spiro atoms. The standard InChI is InChI=1S/C17H15F4N5O2/c18-12-4-1-3-11(7-12)16(5-2-6-16)24-15-22-8-10(9-23-15)13(27)25-26-14(28)17(19,20)21/h1,3-4,7-9H,2,5-6H2,(H,25,27)(H,26,28)(H,22,23,24). The molecule has 0 unspecified atom stereocenters. The minimum atomic E-state index is -5.12. The molecular formula is C17H15F4N5O2. The first-order valence-electron chi connectivity index (χ1n) is 8.23. The van der Waals surface area contributed by atoms with Gasteiger partial charge >= 0.3 is 12.1 Å². The second-order valence-electron chi connectivity index (χ2n) is 6.27. The molecule has 0 saturated heterocycles. The Labute approximate surface area is 156 Å². The maximum absolute atomic E-state index is 13.5. The lowest BCUT2D eigenvalue weighted by atomic mass is 9.72. The SMILES string of the molecule is O=C(NNC(=O)C(F)(F)F)c1cnc(NC2(c3cccc(F)c3)CCC2)nc1. The van der Waals surface area contributed by atoms with Crippen LogP contribution in [0.1, 0.15) is 35.2 Å². The van der Waals surface area contributed by atoms with Crippen molar-refractivity contribution in [3.63, 3.8) is 0 Å². The maximum atomic E-state index is 13.5. The number of benzene rings is 1. The topological polar surface area (TPSA) is 96.0 Å². The highest BCUT2D eigenvalue weighted by molar-refractivity contribution is 5.95. The lowest BCUT2D eigenvalue weighted by Crippen LogP contribution is -2.47. The van der Waals surface area contributed by atoms with E-state index in [0.717, 1.165) is 37.2 Å². The van der Waals surface area contributed by atoms with Crippen LogP contribution >= 0.6 is 0 Å². The highest BCUT2D eigenvalue weighted by Crippen LogP contribution is 2.43. The number of hydrogen-bond acceptors (Lipinski definition) is 5. The van der Waals surface area contributed by atoms with Gasteiger partial charge in [-0.3, -0.25) is 20.4 Å². The summed E-state index contributed by atoms with van der Waals surface area (Å²) in [6.07, 6.45) is -0.504. The molecule has 2 aromatic rings. The number of nitrogens with one attached hydrogen (secondary N) is 3. The first-order valence-corrected chi connectivity index (χ1v) is 8.23. The average Bonchev–Trinajstić information content (AvgIpc) is 2.62. The molecule has 0 bridgehead atoms. The normalized spacial score (nSPS) is 15.3. The van der Waals surface area contributed by atoms with E-state index in [1.54, 1.807) is 17.6 Å². The molecule has 28 heavy (non-hydrogen) atoms. The predicted molar refractivity (Wildman–Crippen MR) is 89.2 cm³/mol. The van der Waals surface area contributed by atoms with Gasteiger partial charge in [0.25, 0.3) is 5.91 Å². The van der Waals surface area contributed by atoms with Gasteiger partial charge in [0, 0.05) is 12.4 Å². The Morgan fingerprint density at radius 2 is 1.75 bits per heavy atom. The Morgan fingerprint density at radius 3 is 2.29 bits per heavy atom. The van der Waals surface area contributed by atoms with Crippen LogP contribution in [-0.2, 0) is 10.3 Å². The summed E-state index contributed by atoms with van der Waals surface area (Å²) in [5, 5.41) is 3.13. The van der Waals surface area contributed by atoms with E-state index in [2.05, 4.69) is 15.3 Å². The summed E-state index contributed by atoms with van der Waals surface area (Å²) in [6, 6.07) is 6.17. The summed E-state index contributed by atoms with van der Waals surface area (Å²) < 4.78 is 49.8. The molecule has 1 heterocycles. The Balaban J connectivity index is 1.66. The Bertz CT molecular complexity index is 882. The summed E-state index contributed by atoms with van der Waals surface area (Å²) in [7, 11) is 0. The van der Waals surface area contributed by atoms with Crippen LogP contribution in [0.2, 0.25) is 0 Å². The third kappa shape index (κ3) is 4.18. The van der Waals surface area contributed by atoms with Crippen LogP contribution < -0.4 is 16.2 Å². The summed E-state index contributed by atoms with van der Waals surface area (Å²) in [4.78, 5) is 30.4. The van der Waals surface area contributed by atoms with Crippen molar-refractivity contribution in [1.82, 2.24) is 20.8 Å². The molecule has 148 valence electrons. The van der Waals surface area contributed by atoms with Crippen LogP contribution in [0.5, 0.6) is 0 Å². The van der Waals surface area contributed by atoms with E-state index in [1.165, 1.54) is 17.6 Å². The number of halogens is 4. The van der Waals surface area contributed by atoms with E-state index >= 15 is 0 Å². The van der Waals surface area contributed by atoms with Crippen LogP contribution in [0.4, 0.5) is 23.5 Å². The van der Waals surface area contributed by atoms with Gasteiger partial charge in [-0.2, -0.15) is 13.2 Å². The van der Waals surface area contributed by atoms with E-state index < -0.39 is 23.5 Å². The number of carbonyl (C=O) groups excluding carboxylic acids is 2.